The van der Waals surface area contributed by atoms with E-state index >= 15 is 0 Å². The summed E-state index contributed by atoms with van der Waals surface area (Å²) in [6.07, 6.45) is 2.16. The Kier molecular flexibility index (Phi) is 5.03. The van der Waals surface area contributed by atoms with Crippen molar-refractivity contribution in [1.29, 1.82) is 0 Å². The normalized spacial score (nSPS) is 16.4. The Bertz CT molecular complexity index is 965. The van der Waals surface area contributed by atoms with Crippen LogP contribution in [0.1, 0.15) is 23.2 Å². The van der Waals surface area contributed by atoms with Gasteiger partial charge < -0.3 is 14.8 Å². The van der Waals surface area contributed by atoms with E-state index in [1.807, 2.05) is 54.6 Å². The minimum Gasteiger partial charge on any atom is -0.497 e. The zero-order valence-corrected chi connectivity index (χ0v) is 15.3. The number of aromatic nitrogens is 1. The van der Waals surface area contributed by atoms with Crippen LogP contribution in [0.25, 0.3) is 22.2 Å². The number of hydrogen-bond acceptors (Lipinski definition) is 4. The van der Waals surface area contributed by atoms with E-state index in [0.29, 0.717) is 12.1 Å². The molecule has 1 fully saturated rings. The molecule has 0 radical (unpaired) electrons. The molecule has 3 aromatic rings. The lowest BCUT2D eigenvalue weighted by Crippen LogP contribution is -2.31. The Morgan fingerprint density at radius 3 is 2.93 bits per heavy atom. The van der Waals surface area contributed by atoms with Crippen LogP contribution < -0.4 is 10.1 Å². The average molecular weight is 362 g/mol. The first kappa shape index (κ1) is 17.5. The number of benzene rings is 2. The quantitative estimate of drug-likeness (QED) is 0.750. The summed E-state index contributed by atoms with van der Waals surface area (Å²) >= 11 is 0. The van der Waals surface area contributed by atoms with Gasteiger partial charge in [-0.25, -0.2) is 4.98 Å². The van der Waals surface area contributed by atoms with Crippen molar-refractivity contribution < 1.29 is 14.3 Å². The average Bonchev–Trinajstić information content (AvgIpc) is 3.25. The molecule has 2 aromatic carbocycles. The van der Waals surface area contributed by atoms with Crippen molar-refractivity contribution in [3.05, 3.63) is 60.2 Å². The summed E-state index contributed by atoms with van der Waals surface area (Å²) < 4.78 is 10.9. The fourth-order valence-electron chi connectivity index (χ4n) is 3.40. The molecule has 27 heavy (non-hydrogen) atoms. The third kappa shape index (κ3) is 3.78. The highest BCUT2D eigenvalue weighted by Gasteiger charge is 2.18. The lowest BCUT2D eigenvalue weighted by Gasteiger charge is -2.13. The molecular formula is C22H22N2O3. The molecule has 1 saturated heterocycles. The van der Waals surface area contributed by atoms with E-state index < -0.39 is 0 Å². The fraction of sp³-hybridized carbons (Fsp3) is 0.273. The molecule has 1 aliphatic heterocycles. The molecule has 0 spiro atoms. The Balaban J connectivity index is 1.70. The van der Waals surface area contributed by atoms with Gasteiger partial charge in [-0.1, -0.05) is 30.3 Å². The molecule has 1 aliphatic rings. The number of ether oxygens (including phenoxy) is 2. The predicted octanol–water partition coefficient (Wildman–Crippen LogP) is 3.82. The van der Waals surface area contributed by atoms with Crippen molar-refractivity contribution in [2.75, 3.05) is 20.3 Å². The Morgan fingerprint density at radius 1 is 1.22 bits per heavy atom. The summed E-state index contributed by atoms with van der Waals surface area (Å²) in [5, 5.41) is 3.86. The first-order valence-corrected chi connectivity index (χ1v) is 9.18. The van der Waals surface area contributed by atoms with Crippen LogP contribution in [-0.2, 0) is 4.74 Å². The van der Waals surface area contributed by atoms with E-state index in [0.717, 1.165) is 47.4 Å². The van der Waals surface area contributed by atoms with Crippen LogP contribution in [-0.4, -0.2) is 37.3 Å². The maximum Gasteiger partial charge on any atom is 0.252 e. The van der Waals surface area contributed by atoms with Gasteiger partial charge in [0.25, 0.3) is 5.91 Å². The summed E-state index contributed by atoms with van der Waals surface area (Å²) in [4.78, 5) is 17.6. The first-order chi connectivity index (χ1) is 13.2. The van der Waals surface area contributed by atoms with Gasteiger partial charge in [0.05, 0.1) is 30.0 Å². The molecule has 4 rings (SSSR count). The van der Waals surface area contributed by atoms with Crippen molar-refractivity contribution >= 4 is 16.8 Å². The van der Waals surface area contributed by atoms with Gasteiger partial charge in [-0.3, -0.25) is 4.79 Å². The molecular weight excluding hydrogens is 340 g/mol. The van der Waals surface area contributed by atoms with E-state index in [9.17, 15) is 4.79 Å². The number of para-hydroxylation sites is 1. The highest BCUT2D eigenvalue weighted by molar-refractivity contribution is 6.07. The first-order valence-electron chi connectivity index (χ1n) is 9.18. The molecule has 2 heterocycles. The number of rotatable bonds is 5. The Morgan fingerprint density at radius 2 is 2.11 bits per heavy atom. The summed E-state index contributed by atoms with van der Waals surface area (Å²) in [5.41, 5.74) is 3.07. The maximum atomic E-state index is 12.9. The van der Waals surface area contributed by atoms with Crippen LogP contribution in [0.5, 0.6) is 5.75 Å². The molecule has 0 aliphatic carbocycles. The topological polar surface area (TPSA) is 60.5 Å². The number of carbonyl (C=O) groups is 1. The minimum atomic E-state index is -0.103. The van der Waals surface area contributed by atoms with Gasteiger partial charge in [-0.15, -0.1) is 0 Å². The van der Waals surface area contributed by atoms with Crippen molar-refractivity contribution in [1.82, 2.24) is 10.3 Å². The molecule has 1 amide bonds. The summed E-state index contributed by atoms with van der Waals surface area (Å²) in [7, 11) is 1.64. The van der Waals surface area contributed by atoms with Crippen LogP contribution in [0, 0.1) is 0 Å². The lowest BCUT2D eigenvalue weighted by atomic mass is 10.0. The Labute approximate surface area is 158 Å². The van der Waals surface area contributed by atoms with Crippen molar-refractivity contribution in [2.45, 2.75) is 18.9 Å². The SMILES string of the molecule is COc1cccc(-c2cc(C(=O)NC[C@H]3CCCO3)c3ccccc3n2)c1. The lowest BCUT2D eigenvalue weighted by molar-refractivity contribution is 0.0859. The molecule has 1 atom stereocenters. The van der Waals surface area contributed by atoms with E-state index in [4.69, 9.17) is 14.5 Å². The van der Waals surface area contributed by atoms with Gasteiger partial charge in [0, 0.05) is 24.1 Å². The van der Waals surface area contributed by atoms with E-state index in [-0.39, 0.29) is 12.0 Å². The van der Waals surface area contributed by atoms with Crippen LogP contribution >= 0.6 is 0 Å². The van der Waals surface area contributed by atoms with Crippen LogP contribution in [0.15, 0.2) is 54.6 Å². The standard InChI is InChI=1S/C22H22N2O3/c1-26-16-7-4-6-15(12-16)21-13-19(18-9-2-3-10-20(18)24-21)22(25)23-14-17-8-5-11-27-17/h2-4,6-7,9-10,12-13,17H,5,8,11,14H2,1H3,(H,23,25)/t17-/m1/s1. The van der Waals surface area contributed by atoms with E-state index in [1.165, 1.54) is 0 Å². The Hall–Kier alpha value is -2.92. The fourth-order valence-corrected chi connectivity index (χ4v) is 3.40. The van der Waals surface area contributed by atoms with Crippen molar-refractivity contribution in [3.63, 3.8) is 0 Å². The van der Waals surface area contributed by atoms with Gasteiger partial charge >= 0.3 is 0 Å². The van der Waals surface area contributed by atoms with Gasteiger partial charge in [0.2, 0.25) is 0 Å². The van der Waals surface area contributed by atoms with Crippen molar-refractivity contribution in [3.8, 4) is 17.0 Å². The maximum absolute atomic E-state index is 12.9. The number of carbonyl (C=O) groups excluding carboxylic acids is 1. The number of nitrogens with one attached hydrogen (secondary N) is 1. The summed E-state index contributed by atoms with van der Waals surface area (Å²) in [5.74, 6) is 0.653. The molecule has 1 aromatic heterocycles. The van der Waals surface area contributed by atoms with Crippen molar-refractivity contribution in [2.24, 2.45) is 0 Å². The highest BCUT2D eigenvalue weighted by Crippen LogP contribution is 2.27. The number of fused-ring (bicyclic) bond motifs is 1. The van der Waals surface area contributed by atoms with Gasteiger partial charge in [0.15, 0.2) is 0 Å². The molecule has 1 N–H and O–H groups in total. The molecule has 0 saturated carbocycles. The number of hydrogen-bond donors (Lipinski definition) is 1. The van der Waals surface area contributed by atoms with Crippen LogP contribution in [0.4, 0.5) is 0 Å². The number of nitrogens with zero attached hydrogens (tertiary/aromatic N) is 1. The molecule has 138 valence electrons. The molecule has 0 bridgehead atoms. The number of methoxy groups -OCH3 is 1. The summed E-state index contributed by atoms with van der Waals surface area (Å²) in [6, 6.07) is 17.3. The predicted molar refractivity (Wildman–Crippen MR) is 105 cm³/mol. The second kappa shape index (κ2) is 7.76. The zero-order valence-electron chi connectivity index (χ0n) is 15.3. The number of pyridine rings is 1. The van der Waals surface area contributed by atoms with Gasteiger partial charge in [-0.2, -0.15) is 0 Å². The third-order valence-corrected chi connectivity index (χ3v) is 4.84. The third-order valence-electron chi connectivity index (χ3n) is 4.84. The highest BCUT2D eigenvalue weighted by atomic mass is 16.5. The summed E-state index contributed by atoms with van der Waals surface area (Å²) in [6.45, 7) is 1.31. The molecule has 5 nitrogen and oxygen atoms in total. The second-order valence-corrected chi connectivity index (χ2v) is 6.65. The van der Waals surface area contributed by atoms with Gasteiger partial charge in [-0.05, 0) is 37.1 Å². The molecule has 0 unspecified atom stereocenters. The van der Waals surface area contributed by atoms with E-state index in [2.05, 4.69) is 5.32 Å². The van der Waals surface area contributed by atoms with E-state index in [1.54, 1.807) is 7.11 Å². The van der Waals surface area contributed by atoms with Crippen LogP contribution in [0.2, 0.25) is 0 Å². The zero-order chi connectivity index (χ0) is 18.6. The van der Waals surface area contributed by atoms with Gasteiger partial charge in [0.1, 0.15) is 5.75 Å². The largest absolute Gasteiger partial charge is 0.497 e. The smallest absolute Gasteiger partial charge is 0.252 e. The second-order valence-electron chi connectivity index (χ2n) is 6.65. The monoisotopic (exact) mass is 362 g/mol. The minimum absolute atomic E-state index is 0.103. The number of amides is 1. The van der Waals surface area contributed by atoms with Crippen LogP contribution in [0.3, 0.4) is 0 Å². The molecule has 5 heteroatoms.